The molecule has 0 aromatic carbocycles. The summed E-state index contributed by atoms with van der Waals surface area (Å²) < 4.78 is 2.71. The lowest BCUT2D eigenvalue weighted by molar-refractivity contribution is 0.675. The van der Waals surface area contributed by atoms with Gasteiger partial charge in [0.25, 0.3) is 0 Å². The van der Waals surface area contributed by atoms with Crippen molar-refractivity contribution in [1.82, 2.24) is 14.8 Å². The Bertz CT molecular complexity index is 461. The second-order valence-electron chi connectivity index (χ2n) is 3.34. The molecule has 2 heterocycles. The Morgan fingerprint density at radius 1 is 1.47 bits per heavy atom. The van der Waals surface area contributed by atoms with Crippen molar-refractivity contribution in [2.45, 2.75) is 13.5 Å². The molecule has 0 saturated carbocycles. The SMILES string of the molecule is Cc1cc(N)n(Cc2ccc(Br)cn2)n1. The van der Waals surface area contributed by atoms with E-state index in [1.165, 1.54) is 0 Å². The minimum atomic E-state index is 0.604. The van der Waals surface area contributed by atoms with Gasteiger partial charge in [0.15, 0.2) is 0 Å². The fourth-order valence-electron chi connectivity index (χ4n) is 1.35. The highest BCUT2D eigenvalue weighted by Crippen LogP contribution is 2.11. The monoisotopic (exact) mass is 266 g/mol. The molecule has 0 fully saturated rings. The summed E-state index contributed by atoms with van der Waals surface area (Å²) in [5, 5.41) is 4.27. The predicted molar refractivity (Wildman–Crippen MR) is 62.4 cm³/mol. The van der Waals surface area contributed by atoms with E-state index < -0.39 is 0 Å². The van der Waals surface area contributed by atoms with E-state index in [2.05, 4.69) is 26.0 Å². The summed E-state index contributed by atoms with van der Waals surface area (Å²) in [5.41, 5.74) is 7.64. The van der Waals surface area contributed by atoms with Crippen LogP contribution in [0, 0.1) is 6.92 Å². The van der Waals surface area contributed by atoms with Gasteiger partial charge >= 0.3 is 0 Å². The molecule has 0 spiro atoms. The van der Waals surface area contributed by atoms with Crippen molar-refractivity contribution in [1.29, 1.82) is 0 Å². The minimum Gasteiger partial charge on any atom is -0.384 e. The fraction of sp³-hybridized carbons (Fsp3) is 0.200. The Morgan fingerprint density at radius 2 is 2.27 bits per heavy atom. The molecule has 15 heavy (non-hydrogen) atoms. The van der Waals surface area contributed by atoms with Crippen LogP contribution in [-0.2, 0) is 6.54 Å². The van der Waals surface area contributed by atoms with Crippen LogP contribution in [0.15, 0.2) is 28.9 Å². The van der Waals surface area contributed by atoms with E-state index in [0.717, 1.165) is 15.9 Å². The minimum absolute atomic E-state index is 0.604. The standard InChI is InChI=1S/C10H11BrN4/c1-7-4-10(12)15(14-7)6-9-3-2-8(11)5-13-9/h2-5H,6,12H2,1H3. The molecule has 4 nitrogen and oxygen atoms in total. The summed E-state index contributed by atoms with van der Waals surface area (Å²) in [4.78, 5) is 4.26. The van der Waals surface area contributed by atoms with Gasteiger partial charge in [-0.3, -0.25) is 4.98 Å². The molecule has 0 aliphatic rings. The second-order valence-corrected chi connectivity index (χ2v) is 4.25. The van der Waals surface area contributed by atoms with Gasteiger partial charge in [-0.15, -0.1) is 0 Å². The van der Waals surface area contributed by atoms with Crippen LogP contribution in [0.3, 0.4) is 0 Å². The maximum Gasteiger partial charge on any atom is 0.122 e. The van der Waals surface area contributed by atoms with E-state index >= 15 is 0 Å². The lowest BCUT2D eigenvalue weighted by atomic mass is 10.3. The van der Waals surface area contributed by atoms with Gasteiger partial charge in [0.05, 0.1) is 17.9 Å². The third kappa shape index (κ3) is 2.36. The molecular weight excluding hydrogens is 256 g/mol. The topological polar surface area (TPSA) is 56.7 Å². The van der Waals surface area contributed by atoms with Crippen LogP contribution >= 0.6 is 15.9 Å². The highest BCUT2D eigenvalue weighted by atomic mass is 79.9. The Morgan fingerprint density at radius 3 is 2.80 bits per heavy atom. The zero-order chi connectivity index (χ0) is 10.8. The van der Waals surface area contributed by atoms with Crippen molar-refractivity contribution in [2.24, 2.45) is 0 Å². The Kier molecular flexibility index (Phi) is 2.73. The van der Waals surface area contributed by atoms with Crippen LogP contribution in [-0.4, -0.2) is 14.8 Å². The third-order valence-corrected chi connectivity index (χ3v) is 2.50. The first-order valence-electron chi connectivity index (χ1n) is 4.55. The number of halogens is 1. The van der Waals surface area contributed by atoms with Crippen LogP contribution in [0.1, 0.15) is 11.4 Å². The molecule has 0 radical (unpaired) electrons. The molecule has 78 valence electrons. The van der Waals surface area contributed by atoms with E-state index in [-0.39, 0.29) is 0 Å². The van der Waals surface area contributed by atoms with E-state index in [9.17, 15) is 0 Å². The van der Waals surface area contributed by atoms with Gasteiger partial charge < -0.3 is 5.73 Å². The quantitative estimate of drug-likeness (QED) is 0.905. The molecule has 0 saturated heterocycles. The van der Waals surface area contributed by atoms with Crippen LogP contribution < -0.4 is 5.73 Å². The molecule has 0 aliphatic heterocycles. The number of hydrogen-bond acceptors (Lipinski definition) is 3. The summed E-state index contributed by atoms with van der Waals surface area (Å²) in [6, 6.07) is 5.74. The first kappa shape index (κ1) is 10.2. The fourth-order valence-corrected chi connectivity index (χ4v) is 1.58. The number of aromatic nitrogens is 3. The van der Waals surface area contributed by atoms with Crippen molar-refractivity contribution < 1.29 is 0 Å². The number of anilines is 1. The van der Waals surface area contributed by atoms with Gasteiger partial charge in [-0.05, 0) is 35.0 Å². The molecule has 0 aliphatic carbocycles. The smallest absolute Gasteiger partial charge is 0.122 e. The Labute approximate surface area is 96.3 Å². The third-order valence-electron chi connectivity index (χ3n) is 2.03. The van der Waals surface area contributed by atoms with Gasteiger partial charge in [0.1, 0.15) is 5.82 Å². The number of hydrogen-bond donors (Lipinski definition) is 1. The zero-order valence-electron chi connectivity index (χ0n) is 8.31. The number of nitrogens with two attached hydrogens (primary N) is 1. The van der Waals surface area contributed by atoms with Gasteiger partial charge in [-0.1, -0.05) is 0 Å². The van der Waals surface area contributed by atoms with E-state index in [1.54, 1.807) is 10.9 Å². The molecule has 0 unspecified atom stereocenters. The lowest BCUT2D eigenvalue weighted by Crippen LogP contribution is -2.06. The number of pyridine rings is 1. The average Bonchev–Trinajstić information content (AvgIpc) is 2.49. The summed E-state index contributed by atoms with van der Waals surface area (Å²) in [6.07, 6.45) is 1.77. The van der Waals surface area contributed by atoms with E-state index in [4.69, 9.17) is 5.73 Å². The molecule has 5 heteroatoms. The summed E-state index contributed by atoms with van der Waals surface area (Å²) in [5.74, 6) is 0.664. The Balaban J connectivity index is 2.21. The summed E-state index contributed by atoms with van der Waals surface area (Å²) in [6.45, 7) is 2.52. The van der Waals surface area contributed by atoms with Gasteiger partial charge in [-0.2, -0.15) is 5.10 Å². The Hall–Kier alpha value is -1.36. The normalized spacial score (nSPS) is 10.5. The average molecular weight is 267 g/mol. The van der Waals surface area contributed by atoms with Crippen LogP contribution in [0.5, 0.6) is 0 Å². The first-order chi connectivity index (χ1) is 7.15. The largest absolute Gasteiger partial charge is 0.384 e. The van der Waals surface area contributed by atoms with Crippen molar-refractivity contribution in [3.05, 3.63) is 40.3 Å². The number of nitrogens with zero attached hydrogens (tertiary/aromatic N) is 3. The van der Waals surface area contributed by atoms with E-state index in [0.29, 0.717) is 12.4 Å². The number of nitrogen functional groups attached to an aromatic ring is 1. The van der Waals surface area contributed by atoms with Gasteiger partial charge in [0.2, 0.25) is 0 Å². The maximum absolute atomic E-state index is 5.78. The van der Waals surface area contributed by atoms with Crippen molar-refractivity contribution >= 4 is 21.7 Å². The van der Waals surface area contributed by atoms with Crippen molar-refractivity contribution in [2.75, 3.05) is 5.73 Å². The second kappa shape index (κ2) is 4.02. The molecule has 2 rings (SSSR count). The van der Waals surface area contributed by atoms with Gasteiger partial charge in [0, 0.05) is 16.7 Å². The molecular formula is C10H11BrN4. The molecule has 0 bridgehead atoms. The molecule has 2 aromatic heterocycles. The summed E-state index contributed by atoms with van der Waals surface area (Å²) >= 11 is 3.34. The molecule has 0 amide bonds. The van der Waals surface area contributed by atoms with Crippen molar-refractivity contribution in [3.63, 3.8) is 0 Å². The highest BCUT2D eigenvalue weighted by Gasteiger charge is 2.03. The molecule has 0 atom stereocenters. The maximum atomic E-state index is 5.78. The zero-order valence-corrected chi connectivity index (χ0v) is 9.90. The molecule has 2 aromatic rings. The predicted octanol–water partition coefficient (Wildman–Crippen LogP) is 1.98. The van der Waals surface area contributed by atoms with Crippen LogP contribution in [0.25, 0.3) is 0 Å². The van der Waals surface area contributed by atoms with Crippen LogP contribution in [0.4, 0.5) is 5.82 Å². The van der Waals surface area contributed by atoms with Crippen molar-refractivity contribution in [3.8, 4) is 0 Å². The number of rotatable bonds is 2. The highest BCUT2D eigenvalue weighted by molar-refractivity contribution is 9.10. The van der Waals surface area contributed by atoms with E-state index in [1.807, 2.05) is 25.1 Å². The summed E-state index contributed by atoms with van der Waals surface area (Å²) in [7, 11) is 0. The lowest BCUT2D eigenvalue weighted by Gasteiger charge is -2.03. The first-order valence-corrected chi connectivity index (χ1v) is 5.35. The number of aryl methyl sites for hydroxylation is 1. The van der Waals surface area contributed by atoms with Crippen LogP contribution in [0.2, 0.25) is 0 Å². The molecule has 2 N–H and O–H groups in total. The van der Waals surface area contributed by atoms with Gasteiger partial charge in [-0.25, -0.2) is 4.68 Å².